The zero-order valence-corrected chi connectivity index (χ0v) is 13.8. The molecule has 3 saturated heterocycles. The van der Waals surface area contributed by atoms with Gasteiger partial charge in [0, 0.05) is 42.9 Å². The summed E-state index contributed by atoms with van der Waals surface area (Å²) in [5, 5.41) is 2.22. The number of likely N-dealkylation sites (tertiary alicyclic amines) is 2. The molecule has 116 valence electrons. The molecule has 3 aliphatic rings. The molecule has 0 N–H and O–H groups in total. The van der Waals surface area contributed by atoms with E-state index in [2.05, 4.69) is 28.2 Å². The summed E-state index contributed by atoms with van der Waals surface area (Å²) in [6.07, 6.45) is 3.29. The lowest BCUT2D eigenvalue weighted by molar-refractivity contribution is 0.0915. The van der Waals surface area contributed by atoms with Crippen molar-refractivity contribution in [2.45, 2.75) is 32.4 Å². The molecule has 0 saturated carbocycles. The van der Waals surface area contributed by atoms with Gasteiger partial charge in [-0.15, -0.1) is 11.3 Å². The first-order chi connectivity index (χ1) is 10.3. The Balaban J connectivity index is 1.35. The number of nitrogens with zero attached hydrogens (tertiary/aromatic N) is 2. The highest BCUT2D eigenvalue weighted by Gasteiger charge is 2.44. The normalized spacial score (nSPS) is 33.9. The third kappa shape index (κ3) is 2.91. The maximum Gasteiger partial charge on any atom is 0.0746 e. The number of fused-ring (bicyclic) bond motifs is 1. The molecule has 4 rings (SSSR count). The first-order valence-electron chi connectivity index (χ1n) is 8.39. The highest BCUT2D eigenvalue weighted by atomic mass is 32.1. The second-order valence-electron chi connectivity index (χ2n) is 7.02. The molecule has 0 bridgehead atoms. The molecule has 3 fully saturated rings. The molecule has 0 amide bonds. The second kappa shape index (κ2) is 5.99. The van der Waals surface area contributed by atoms with Gasteiger partial charge in [-0.25, -0.2) is 0 Å². The molecule has 0 radical (unpaired) electrons. The van der Waals surface area contributed by atoms with Gasteiger partial charge < -0.3 is 9.64 Å². The molecule has 0 spiro atoms. The number of thiophene rings is 1. The first-order valence-corrected chi connectivity index (χ1v) is 9.27. The fourth-order valence-corrected chi connectivity index (χ4v) is 5.21. The van der Waals surface area contributed by atoms with E-state index in [1.165, 1.54) is 49.5 Å². The van der Waals surface area contributed by atoms with Crippen LogP contribution in [0.4, 0.5) is 0 Å². The molecule has 3 nitrogen and oxygen atoms in total. The second-order valence-corrected chi connectivity index (χ2v) is 8.02. The van der Waals surface area contributed by atoms with Crippen molar-refractivity contribution in [2.24, 2.45) is 11.8 Å². The quantitative estimate of drug-likeness (QED) is 0.850. The smallest absolute Gasteiger partial charge is 0.0746 e. The molecular weight excluding hydrogens is 280 g/mol. The zero-order chi connectivity index (χ0) is 14.2. The predicted octanol–water partition coefficient (Wildman–Crippen LogP) is 2.60. The lowest BCUT2D eigenvalue weighted by Crippen LogP contribution is -2.32. The molecule has 4 heteroatoms. The minimum atomic E-state index is 0.498. The molecular formula is C17H26N2OS. The zero-order valence-electron chi connectivity index (χ0n) is 13.0. The van der Waals surface area contributed by atoms with Gasteiger partial charge in [0.2, 0.25) is 0 Å². The average Bonchev–Trinajstić information content (AvgIpc) is 3.20. The van der Waals surface area contributed by atoms with Crippen molar-refractivity contribution in [1.29, 1.82) is 0 Å². The van der Waals surface area contributed by atoms with Crippen molar-refractivity contribution in [1.82, 2.24) is 9.80 Å². The van der Waals surface area contributed by atoms with Crippen LogP contribution in [-0.4, -0.2) is 55.2 Å². The van der Waals surface area contributed by atoms with Gasteiger partial charge in [0.25, 0.3) is 0 Å². The van der Waals surface area contributed by atoms with Gasteiger partial charge in [-0.2, -0.15) is 0 Å². The monoisotopic (exact) mass is 306 g/mol. The summed E-state index contributed by atoms with van der Waals surface area (Å²) < 4.78 is 6.11. The fraction of sp³-hybridized carbons (Fsp3) is 0.765. The van der Waals surface area contributed by atoms with E-state index < -0.39 is 0 Å². The lowest BCUT2D eigenvalue weighted by Gasteiger charge is -2.24. The maximum absolute atomic E-state index is 6.11. The minimum absolute atomic E-state index is 0.498. The van der Waals surface area contributed by atoms with Crippen LogP contribution in [-0.2, 0) is 11.3 Å². The van der Waals surface area contributed by atoms with Gasteiger partial charge in [0.05, 0.1) is 12.7 Å². The first kappa shape index (κ1) is 14.2. The van der Waals surface area contributed by atoms with E-state index >= 15 is 0 Å². The van der Waals surface area contributed by atoms with Crippen LogP contribution in [0.1, 0.15) is 23.3 Å². The van der Waals surface area contributed by atoms with Gasteiger partial charge >= 0.3 is 0 Å². The van der Waals surface area contributed by atoms with Crippen molar-refractivity contribution in [3.63, 3.8) is 0 Å². The summed E-state index contributed by atoms with van der Waals surface area (Å²) in [4.78, 5) is 6.80. The molecule has 21 heavy (non-hydrogen) atoms. The summed E-state index contributed by atoms with van der Waals surface area (Å²) in [5.74, 6) is 1.54. The molecule has 3 atom stereocenters. The van der Waals surface area contributed by atoms with Crippen LogP contribution in [0.3, 0.4) is 0 Å². The summed E-state index contributed by atoms with van der Waals surface area (Å²) in [6.45, 7) is 10.6. The Kier molecular flexibility index (Phi) is 4.05. The number of aryl methyl sites for hydroxylation is 1. The Labute approximate surface area is 131 Å². The standard InChI is InChI=1S/C17H26N2OS/c1-13-4-7-21-17(13)11-19-9-15-14(12-20-16(15)10-19)8-18-5-2-3-6-18/h4,7,14-16H,2-3,5-6,8-12H2,1H3/t14-,15+,16+/m0/s1. The van der Waals surface area contributed by atoms with Crippen LogP contribution >= 0.6 is 11.3 Å². The summed E-state index contributed by atoms with van der Waals surface area (Å²) in [7, 11) is 0. The maximum atomic E-state index is 6.11. The van der Waals surface area contributed by atoms with E-state index in [0.717, 1.165) is 31.5 Å². The van der Waals surface area contributed by atoms with Crippen LogP contribution in [0, 0.1) is 18.8 Å². The van der Waals surface area contributed by atoms with Crippen molar-refractivity contribution < 1.29 is 4.74 Å². The van der Waals surface area contributed by atoms with Crippen molar-refractivity contribution in [2.75, 3.05) is 39.3 Å². The third-order valence-corrected chi connectivity index (χ3v) is 6.55. The Morgan fingerprint density at radius 1 is 1.24 bits per heavy atom. The van der Waals surface area contributed by atoms with E-state index in [-0.39, 0.29) is 0 Å². The van der Waals surface area contributed by atoms with Gasteiger partial charge in [0.1, 0.15) is 0 Å². The molecule has 1 aromatic rings. The average molecular weight is 306 g/mol. The minimum Gasteiger partial charge on any atom is -0.376 e. The van der Waals surface area contributed by atoms with Crippen LogP contribution in [0.5, 0.6) is 0 Å². The van der Waals surface area contributed by atoms with Crippen LogP contribution in [0.2, 0.25) is 0 Å². The highest BCUT2D eigenvalue weighted by molar-refractivity contribution is 7.10. The van der Waals surface area contributed by atoms with E-state index in [1.807, 2.05) is 11.3 Å². The summed E-state index contributed by atoms with van der Waals surface area (Å²) in [5.41, 5.74) is 1.45. The van der Waals surface area contributed by atoms with E-state index in [9.17, 15) is 0 Å². The predicted molar refractivity (Wildman–Crippen MR) is 86.7 cm³/mol. The Hall–Kier alpha value is -0.420. The van der Waals surface area contributed by atoms with Gasteiger partial charge in [-0.1, -0.05) is 0 Å². The van der Waals surface area contributed by atoms with Crippen LogP contribution in [0.25, 0.3) is 0 Å². The Morgan fingerprint density at radius 3 is 2.86 bits per heavy atom. The summed E-state index contributed by atoms with van der Waals surface area (Å²) in [6, 6.07) is 2.24. The van der Waals surface area contributed by atoms with Crippen molar-refractivity contribution >= 4 is 11.3 Å². The molecule has 0 unspecified atom stereocenters. The topological polar surface area (TPSA) is 15.7 Å². The largest absolute Gasteiger partial charge is 0.376 e. The number of rotatable bonds is 4. The molecule has 0 aliphatic carbocycles. The molecule has 0 aromatic carbocycles. The van der Waals surface area contributed by atoms with E-state index in [0.29, 0.717) is 6.10 Å². The Morgan fingerprint density at radius 2 is 2.10 bits per heavy atom. The van der Waals surface area contributed by atoms with Gasteiger partial charge in [0.15, 0.2) is 0 Å². The van der Waals surface area contributed by atoms with Crippen LogP contribution < -0.4 is 0 Å². The molecule has 4 heterocycles. The fourth-order valence-electron chi connectivity index (χ4n) is 4.26. The Bertz CT molecular complexity index is 483. The molecule has 3 aliphatic heterocycles. The lowest BCUT2D eigenvalue weighted by atomic mass is 9.93. The number of ether oxygens (including phenoxy) is 1. The SMILES string of the molecule is Cc1ccsc1CN1C[C@@H]2[C@@H](CN3CCCC3)CO[C@@H]2C1. The van der Waals surface area contributed by atoms with Crippen LogP contribution in [0.15, 0.2) is 11.4 Å². The summed E-state index contributed by atoms with van der Waals surface area (Å²) >= 11 is 1.90. The third-order valence-electron chi connectivity index (χ3n) is 5.54. The molecule has 1 aromatic heterocycles. The van der Waals surface area contributed by atoms with Gasteiger partial charge in [-0.05, 0) is 49.9 Å². The highest BCUT2D eigenvalue weighted by Crippen LogP contribution is 2.35. The number of hydrogen-bond acceptors (Lipinski definition) is 4. The van der Waals surface area contributed by atoms with E-state index in [1.54, 1.807) is 0 Å². The van der Waals surface area contributed by atoms with Crippen molar-refractivity contribution in [3.05, 3.63) is 21.9 Å². The van der Waals surface area contributed by atoms with E-state index in [4.69, 9.17) is 4.74 Å². The van der Waals surface area contributed by atoms with Crippen molar-refractivity contribution in [3.8, 4) is 0 Å². The van der Waals surface area contributed by atoms with Gasteiger partial charge in [-0.3, -0.25) is 4.90 Å². The number of hydrogen-bond donors (Lipinski definition) is 0.